The molecule has 0 saturated carbocycles. The Labute approximate surface area is 161 Å². The Morgan fingerprint density at radius 3 is 2.23 bits per heavy atom. The molecule has 0 unspecified atom stereocenters. The molecule has 0 heterocycles. The summed E-state index contributed by atoms with van der Waals surface area (Å²) in [5.41, 5.74) is 7.95. The van der Waals surface area contributed by atoms with Crippen LogP contribution in [0.4, 0.5) is 11.4 Å². The Morgan fingerprint density at radius 2 is 1.62 bits per heavy atom. The van der Waals surface area contributed by atoms with Crippen LogP contribution < -0.4 is 11.1 Å². The zero-order valence-electron chi connectivity index (χ0n) is 14.1. The number of carbonyl (C=O) groups excluding carboxylic acids is 1. The summed E-state index contributed by atoms with van der Waals surface area (Å²) in [7, 11) is 0. The van der Waals surface area contributed by atoms with Crippen molar-refractivity contribution in [1.82, 2.24) is 0 Å². The maximum absolute atomic E-state index is 12.5. The third-order valence-electron chi connectivity index (χ3n) is 3.34. The van der Waals surface area contributed by atoms with E-state index in [1.54, 1.807) is 12.1 Å². The molecule has 132 valence electrons. The van der Waals surface area contributed by atoms with Crippen molar-refractivity contribution in [2.24, 2.45) is 0 Å². The van der Waals surface area contributed by atoms with Gasteiger partial charge >= 0.3 is 0 Å². The zero-order valence-corrected chi connectivity index (χ0v) is 15.7. The van der Waals surface area contributed by atoms with Crippen LogP contribution in [0.3, 0.4) is 0 Å². The van der Waals surface area contributed by atoms with Crippen LogP contribution in [0, 0.1) is 22.7 Å². The van der Waals surface area contributed by atoms with Crippen molar-refractivity contribution in [3.8, 4) is 12.1 Å². The highest BCUT2D eigenvalue weighted by molar-refractivity contribution is 8.00. The lowest BCUT2D eigenvalue weighted by atomic mass is 10.2. The largest absolute Gasteiger partial charge is 0.398 e. The summed E-state index contributed by atoms with van der Waals surface area (Å²) in [4.78, 5) is 14.2. The average Bonchev–Trinajstić information content (AvgIpc) is 2.65. The maximum atomic E-state index is 12.5. The van der Waals surface area contributed by atoms with E-state index in [0.717, 1.165) is 9.79 Å². The lowest BCUT2D eigenvalue weighted by Crippen LogP contribution is -2.12. The first-order chi connectivity index (χ1) is 12.7. The normalized spacial score (nSPS) is 9.92. The first-order valence-corrected chi connectivity index (χ1v) is 9.92. The van der Waals surface area contributed by atoms with E-state index in [0.29, 0.717) is 41.3 Å². The minimum Gasteiger partial charge on any atom is -0.398 e. The van der Waals surface area contributed by atoms with Crippen molar-refractivity contribution < 1.29 is 4.79 Å². The molecule has 2 aromatic rings. The van der Waals surface area contributed by atoms with Gasteiger partial charge in [0.1, 0.15) is 0 Å². The van der Waals surface area contributed by atoms with E-state index in [2.05, 4.69) is 17.5 Å². The molecule has 0 aromatic heterocycles. The quantitative estimate of drug-likeness (QED) is 0.395. The number of rotatable bonds is 8. The Morgan fingerprint density at radius 1 is 1.00 bits per heavy atom. The number of nitriles is 2. The predicted molar refractivity (Wildman–Crippen MR) is 107 cm³/mol. The summed E-state index contributed by atoms with van der Waals surface area (Å²) in [5.74, 6) is 1.05. The molecular weight excluding hydrogens is 364 g/mol. The summed E-state index contributed by atoms with van der Waals surface area (Å²) >= 11 is 2.97. The van der Waals surface area contributed by atoms with Gasteiger partial charge in [0.05, 0.1) is 17.8 Å². The SMILES string of the molecule is N#CCCSc1cc(NC(=O)c2ccccc2)c(SCCC#N)cc1N. The molecule has 0 aliphatic heterocycles. The number of nitrogen functional groups attached to an aromatic ring is 1. The number of thioether (sulfide) groups is 2. The molecule has 0 spiro atoms. The highest BCUT2D eigenvalue weighted by Gasteiger charge is 2.13. The van der Waals surface area contributed by atoms with Crippen molar-refractivity contribution in [1.29, 1.82) is 10.5 Å². The van der Waals surface area contributed by atoms with E-state index >= 15 is 0 Å². The van der Waals surface area contributed by atoms with Crippen LogP contribution >= 0.6 is 23.5 Å². The highest BCUT2D eigenvalue weighted by atomic mass is 32.2. The first-order valence-electron chi connectivity index (χ1n) is 7.95. The number of carbonyl (C=O) groups is 1. The molecule has 0 radical (unpaired) electrons. The van der Waals surface area contributed by atoms with E-state index < -0.39 is 0 Å². The summed E-state index contributed by atoms with van der Waals surface area (Å²) in [6, 6.07) is 16.8. The molecular formula is C19H18N4OS2. The van der Waals surface area contributed by atoms with Crippen LogP contribution in [0.1, 0.15) is 23.2 Å². The topological polar surface area (TPSA) is 103 Å². The predicted octanol–water partition coefficient (Wildman–Crippen LogP) is 4.53. The number of hydrogen-bond donors (Lipinski definition) is 2. The highest BCUT2D eigenvalue weighted by Crippen LogP contribution is 2.37. The Hall–Kier alpha value is -2.61. The van der Waals surface area contributed by atoms with Crippen molar-refractivity contribution in [2.45, 2.75) is 22.6 Å². The molecule has 2 aromatic carbocycles. The van der Waals surface area contributed by atoms with Gasteiger partial charge in [-0.25, -0.2) is 0 Å². The van der Waals surface area contributed by atoms with Crippen LogP contribution in [0.5, 0.6) is 0 Å². The van der Waals surface area contributed by atoms with Crippen LogP contribution in [0.2, 0.25) is 0 Å². The fraction of sp³-hybridized carbons (Fsp3) is 0.211. The lowest BCUT2D eigenvalue weighted by molar-refractivity contribution is 0.102. The Kier molecular flexibility index (Phi) is 7.88. The molecule has 7 heteroatoms. The second-order valence-corrected chi connectivity index (χ2v) is 7.49. The third-order valence-corrected chi connectivity index (χ3v) is 5.47. The molecule has 5 nitrogen and oxygen atoms in total. The molecule has 26 heavy (non-hydrogen) atoms. The molecule has 0 aliphatic carbocycles. The van der Waals surface area contributed by atoms with Gasteiger partial charge in [0, 0.05) is 45.4 Å². The summed E-state index contributed by atoms with van der Waals surface area (Å²) in [6.07, 6.45) is 0.837. The van der Waals surface area contributed by atoms with Gasteiger partial charge in [-0.1, -0.05) is 18.2 Å². The molecule has 0 saturated heterocycles. The van der Waals surface area contributed by atoms with Crippen LogP contribution in [0.15, 0.2) is 52.3 Å². The van der Waals surface area contributed by atoms with Gasteiger partial charge in [-0.3, -0.25) is 4.79 Å². The monoisotopic (exact) mass is 382 g/mol. The molecule has 0 bridgehead atoms. The number of nitrogens with one attached hydrogen (secondary N) is 1. The summed E-state index contributed by atoms with van der Waals surface area (Å²) < 4.78 is 0. The molecule has 0 atom stereocenters. The lowest BCUT2D eigenvalue weighted by Gasteiger charge is -2.14. The van der Waals surface area contributed by atoms with Gasteiger partial charge in [0.25, 0.3) is 5.91 Å². The van der Waals surface area contributed by atoms with Crippen LogP contribution in [-0.4, -0.2) is 17.4 Å². The average molecular weight is 383 g/mol. The van der Waals surface area contributed by atoms with Crippen LogP contribution in [-0.2, 0) is 0 Å². The van der Waals surface area contributed by atoms with E-state index in [9.17, 15) is 4.79 Å². The van der Waals surface area contributed by atoms with Crippen molar-refractivity contribution in [3.63, 3.8) is 0 Å². The number of amides is 1. The second-order valence-electron chi connectivity index (χ2n) is 5.22. The number of hydrogen-bond acceptors (Lipinski definition) is 6. The maximum Gasteiger partial charge on any atom is 0.255 e. The number of nitrogens with zero attached hydrogens (tertiary/aromatic N) is 2. The fourth-order valence-electron chi connectivity index (χ4n) is 2.12. The van der Waals surface area contributed by atoms with Crippen molar-refractivity contribution >= 4 is 40.8 Å². The minimum absolute atomic E-state index is 0.203. The van der Waals surface area contributed by atoms with Crippen LogP contribution in [0.25, 0.3) is 0 Å². The first kappa shape index (κ1) is 19.7. The standard InChI is InChI=1S/C19H18N4OS2/c20-8-4-10-25-17-13-16(18(12-15(17)22)26-11-5-9-21)23-19(24)14-6-2-1-3-7-14/h1-3,6-7,12-13H,4-5,10-11,22H2,(H,23,24). The van der Waals surface area contributed by atoms with E-state index in [1.807, 2.05) is 30.3 Å². The van der Waals surface area contributed by atoms with Gasteiger partial charge < -0.3 is 11.1 Å². The van der Waals surface area contributed by atoms with Gasteiger partial charge in [0.2, 0.25) is 0 Å². The fourth-order valence-corrected chi connectivity index (χ4v) is 3.84. The minimum atomic E-state index is -0.203. The number of nitrogens with two attached hydrogens (primary N) is 1. The second kappa shape index (κ2) is 10.4. The van der Waals surface area contributed by atoms with Gasteiger partial charge in [-0.2, -0.15) is 10.5 Å². The molecule has 3 N–H and O–H groups in total. The van der Waals surface area contributed by atoms with E-state index in [4.69, 9.17) is 16.3 Å². The summed E-state index contributed by atoms with van der Waals surface area (Å²) in [6.45, 7) is 0. The molecule has 1 amide bonds. The zero-order chi connectivity index (χ0) is 18.8. The summed E-state index contributed by atoms with van der Waals surface area (Å²) in [5, 5.41) is 20.4. The van der Waals surface area contributed by atoms with E-state index in [1.165, 1.54) is 23.5 Å². The Bertz CT molecular complexity index is 841. The van der Waals surface area contributed by atoms with E-state index in [-0.39, 0.29) is 5.91 Å². The third kappa shape index (κ3) is 5.73. The smallest absolute Gasteiger partial charge is 0.255 e. The van der Waals surface area contributed by atoms with Gasteiger partial charge in [-0.15, -0.1) is 23.5 Å². The van der Waals surface area contributed by atoms with Crippen molar-refractivity contribution in [3.05, 3.63) is 48.0 Å². The Balaban J connectivity index is 2.26. The molecule has 0 aliphatic rings. The number of benzene rings is 2. The van der Waals surface area contributed by atoms with Gasteiger partial charge in [-0.05, 0) is 24.3 Å². The molecule has 2 rings (SSSR count). The molecule has 0 fully saturated rings. The van der Waals surface area contributed by atoms with Crippen molar-refractivity contribution in [2.75, 3.05) is 22.6 Å². The number of anilines is 2. The van der Waals surface area contributed by atoms with Gasteiger partial charge in [0.15, 0.2) is 0 Å².